The van der Waals surface area contributed by atoms with E-state index in [-0.39, 0.29) is 23.9 Å². The van der Waals surface area contributed by atoms with E-state index in [0.29, 0.717) is 37.8 Å². The van der Waals surface area contributed by atoms with Crippen molar-refractivity contribution in [3.63, 3.8) is 0 Å². The van der Waals surface area contributed by atoms with Crippen molar-refractivity contribution in [2.45, 2.75) is 13.1 Å². The van der Waals surface area contributed by atoms with Crippen LogP contribution in [0, 0.1) is 6.92 Å². The van der Waals surface area contributed by atoms with Gasteiger partial charge in [-0.25, -0.2) is 0 Å². The van der Waals surface area contributed by atoms with Gasteiger partial charge >= 0.3 is 6.18 Å². The van der Waals surface area contributed by atoms with Crippen molar-refractivity contribution in [1.29, 1.82) is 0 Å². The molecule has 1 saturated heterocycles. The molecule has 1 N–H and O–H groups in total. The summed E-state index contributed by atoms with van der Waals surface area (Å²) in [6.45, 7) is 3.49. The molecule has 8 nitrogen and oxygen atoms in total. The Labute approximate surface area is 158 Å². The lowest BCUT2D eigenvalue weighted by molar-refractivity contribution is -0.141. The van der Waals surface area contributed by atoms with E-state index in [1.165, 1.54) is 4.90 Å². The molecule has 2 amide bonds. The average Bonchev–Trinajstić information content (AvgIpc) is 3.05. The molecule has 150 valence electrons. The lowest BCUT2D eigenvalue weighted by Crippen LogP contribution is -2.50. The van der Waals surface area contributed by atoms with E-state index >= 15 is 0 Å². The number of hydrogen-bond acceptors (Lipinski definition) is 6. The maximum atomic E-state index is 12.6. The molecule has 1 aliphatic rings. The molecule has 0 bridgehead atoms. The summed E-state index contributed by atoms with van der Waals surface area (Å²) in [6.07, 6.45) is -3.61. The molecular formula is C17H18F3N5O3. The molecule has 28 heavy (non-hydrogen) atoms. The minimum absolute atomic E-state index is 0.0978. The third-order valence-corrected chi connectivity index (χ3v) is 4.22. The van der Waals surface area contributed by atoms with Crippen molar-refractivity contribution in [3.05, 3.63) is 41.4 Å². The number of pyridine rings is 1. The van der Waals surface area contributed by atoms with Crippen LogP contribution < -0.4 is 5.32 Å². The van der Waals surface area contributed by atoms with Gasteiger partial charge in [0.15, 0.2) is 5.82 Å². The fourth-order valence-electron chi connectivity index (χ4n) is 2.79. The maximum absolute atomic E-state index is 12.6. The third-order valence-electron chi connectivity index (χ3n) is 4.22. The van der Waals surface area contributed by atoms with Crippen molar-refractivity contribution in [1.82, 2.24) is 19.9 Å². The van der Waals surface area contributed by atoms with Crippen LogP contribution in [0.1, 0.15) is 21.8 Å². The lowest BCUT2D eigenvalue weighted by Gasteiger charge is -2.34. The Balaban J connectivity index is 1.49. The van der Waals surface area contributed by atoms with Gasteiger partial charge in [0.2, 0.25) is 5.91 Å². The molecule has 1 aliphatic heterocycles. The second kappa shape index (κ2) is 7.97. The largest absolute Gasteiger partial charge is 0.433 e. The standard InChI is InChI=1S/C17H18F3N5O3/c1-11-8-14(23-28-11)22-15(26)10-24-4-6-25(7-5-24)16(27)12-2-3-13(21-9-12)17(18,19)20/h2-3,8-9H,4-7,10H2,1H3,(H,22,23,26). The van der Waals surface area contributed by atoms with Gasteiger partial charge in [0.05, 0.1) is 12.1 Å². The van der Waals surface area contributed by atoms with Crippen molar-refractivity contribution >= 4 is 17.6 Å². The Bertz CT molecular complexity index is 842. The van der Waals surface area contributed by atoms with E-state index in [2.05, 4.69) is 15.5 Å². The Morgan fingerprint density at radius 3 is 2.46 bits per heavy atom. The molecular weight excluding hydrogens is 379 g/mol. The molecule has 0 atom stereocenters. The number of carbonyl (C=O) groups is 2. The van der Waals surface area contributed by atoms with Crippen molar-refractivity contribution in [2.24, 2.45) is 0 Å². The van der Waals surface area contributed by atoms with E-state index in [1.807, 2.05) is 4.90 Å². The second-order valence-corrected chi connectivity index (χ2v) is 6.37. The van der Waals surface area contributed by atoms with Gasteiger partial charge in [0.1, 0.15) is 11.5 Å². The number of amides is 2. The molecule has 0 unspecified atom stereocenters. The van der Waals surface area contributed by atoms with Crippen LogP contribution in [0.2, 0.25) is 0 Å². The molecule has 0 aliphatic carbocycles. The first-order chi connectivity index (χ1) is 13.2. The van der Waals surface area contributed by atoms with Crippen LogP contribution in [-0.4, -0.2) is 64.5 Å². The monoisotopic (exact) mass is 397 g/mol. The smallest absolute Gasteiger partial charge is 0.360 e. The van der Waals surface area contributed by atoms with Crippen LogP contribution in [0.5, 0.6) is 0 Å². The highest BCUT2D eigenvalue weighted by Crippen LogP contribution is 2.27. The number of nitrogens with zero attached hydrogens (tertiary/aromatic N) is 4. The summed E-state index contributed by atoms with van der Waals surface area (Å²) in [4.78, 5) is 31.2. The summed E-state index contributed by atoms with van der Waals surface area (Å²) in [6, 6.07) is 3.52. The van der Waals surface area contributed by atoms with Gasteiger partial charge in [-0.1, -0.05) is 5.16 Å². The van der Waals surface area contributed by atoms with Crippen LogP contribution in [0.4, 0.5) is 19.0 Å². The highest BCUT2D eigenvalue weighted by molar-refractivity contribution is 5.94. The number of hydrogen-bond donors (Lipinski definition) is 1. The zero-order valence-electron chi connectivity index (χ0n) is 15.0. The molecule has 0 radical (unpaired) electrons. The molecule has 1 fully saturated rings. The van der Waals surface area contributed by atoms with Crippen molar-refractivity contribution in [3.8, 4) is 0 Å². The first kappa shape index (κ1) is 19.8. The van der Waals surface area contributed by atoms with Gasteiger partial charge in [-0.05, 0) is 19.1 Å². The molecule has 0 spiro atoms. The van der Waals surface area contributed by atoms with Gasteiger partial charge in [0, 0.05) is 38.4 Å². The molecule has 0 saturated carbocycles. The van der Waals surface area contributed by atoms with E-state index < -0.39 is 11.9 Å². The van der Waals surface area contributed by atoms with Crippen molar-refractivity contribution in [2.75, 3.05) is 38.0 Å². The molecule has 2 aromatic heterocycles. The Hall–Kier alpha value is -2.95. The Morgan fingerprint density at radius 2 is 1.93 bits per heavy atom. The number of nitrogens with one attached hydrogen (secondary N) is 1. The van der Waals surface area contributed by atoms with E-state index in [1.54, 1.807) is 13.0 Å². The Morgan fingerprint density at radius 1 is 1.21 bits per heavy atom. The summed E-state index contributed by atoms with van der Waals surface area (Å²) in [5.74, 6) is 0.287. The summed E-state index contributed by atoms with van der Waals surface area (Å²) < 4.78 is 42.5. The van der Waals surface area contributed by atoms with Crippen LogP contribution in [0.25, 0.3) is 0 Å². The number of anilines is 1. The van der Waals surface area contributed by atoms with Gasteiger partial charge in [-0.2, -0.15) is 13.2 Å². The fraction of sp³-hybridized carbons (Fsp3) is 0.412. The van der Waals surface area contributed by atoms with E-state index in [0.717, 1.165) is 18.3 Å². The van der Waals surface area contributed by atoms with Crippen LogP contribution in [-0.2, 0) is 11.0 Å². The number of carbonyl (C=O) groups excluding carboxylic acids is 2. The summed E-state index contributed by atoms with van der Waals surface area (Å²) in [5, 5.41) is 6.31. The van der Waals surface area contributed by atoms with E-state index in [4.69, 9.17) is 4.52 Å². The normalized spacial score (nSPS) is 15.5. The number of alkyl halides is 3. The maximum Gasteiger partial charge on any atom is 0.433 e. The molecule has 3 rings (SSSR count). The van der Waals surface area contributed by atoms with Gasteiger partial charge < -0.3 is 14.7 Å². The summed E-state index contributed by atoms with van der Waals surface area (Å²) in [5.41, 5.74) is -0.942. The SMILES string of the molecule is Cc1cc(NC(=O)CN2CCN(C(=O)c3ccc(C(F)(F)F)nc3)CC2)no1. The number of piperazine rings is 1. The molecule has 3 heterocycles. The number of halogens is 3. The van der Waals surface area contributed by atoms with Crippen molar-refractivity contribution < 1.29 is 27.3 Å². The highest BCUT2D eigenvalue weighted by Gasteiger charge is 2.32. The number of aryl methyl sites for hydroxylation is 1. The predicted octanol–water partition coefficient (Wildman–Crippen LogP) is 1.79. The first-order valence-corrected chi connectivity index (χ1v) is 8.50. The van der Waals surface area contributed by atoms with Crippen LogP contribution in [0.15, 0.2) is 28.9 Å². The predicted molar refractivity (Wildman–Crippen MR) is 91.5 cm³/mol. The number of rotatable bonds is 4. The minimum Gasteiger partial charge on any atom is -0.360 e. The summed E-state index contributed by atoms with van der Waals surface area (Å²) >= 11 is 0. The second-order valence-electron chi connectivity index (χ2n) is 6.37. The van der Waals surface area contributed by atoms with Crippen LogP contribution in [0.3, 0.4) is 0 Å². The van der Waals surface area contributed by atoms with Gasteiger partial charge in [-0.15, -0.1) is 0 Å². The summed E-state index contributed by atoms with van der Waals surface area (Å²) in [7, 11) is 0. The molecule has 0 aromatic carbocycles. The van der Waals surface area contributed by atoms with Crippen LogP contribution >= 0.6 is 0 Å². The number of aromatic nitrogens is 2. The zero-order chi connectivity index (χ0) is 20.3. The average molecular weight is 397 g/mol. The van der Waals surface area contributed by atoms with Gasteiger partial charge in [-0.3, -0.25) is 19.5 Å². The quantitative estimate of drug-likeness (QED) is 0.846. The molecule has 2 aromatic rings. The molecule has 11 heteroatoms. The zero-order valence-corrected chi connectivity index (χ0v) is 15.0. The first-order valence-electron chi connectivity index (χ1n) is 8.50. The highest BCUT2D eigenvalue weighted by atomic mass is 19.4. The third kappa shape index (κ3) is 4.85. The van der Waals surface area contributed by atoms with Gasteiger partial charge in [0.25, 0.3) is 5.91 Å². The van der Waals surface area contributed by atoms with E-state index in [9.17, 15) is 22.8 Å². The lowest BCUT2D eigenvalue weighted by atomic mass is 10.2. The topological polar surface area (TPSA) is 91.6 Å². The minimum atomic E-state index is -4.54. The fourth-order valence-corrected chi connectivity index (χ4v) is 2.79. The Kier molecular flexibility index (Phi) is 5.63.